The lowest BCUT2D eigenvalue weighted by molar-refractivity contribution is 0.310. The summed E-state index contributed by atoms with van der Waals surface area (Å²) in [5.74, 6) is 0.329. The third-order valence-electron chi connectivity index (χ3n) is 3.24. The molecule has 0 aliphatic heterocycles. The molecule has 2 aromatic heterocycles. The predicted molar refractivity (Wildman–Crippen MR) is 93.0 cm³/mol. The van der Waals surface area contributed by atoms with E-state index in [1.54, 1.807) is 24.5 Å². The summed E-state index contributed by atoms with van der Waals surface area (Å²) in [6.45, 7) is 0.203. The molecule has 0 saturated carbocycles. The summed E-state index contributed by atoms with van der Waals surface area (Å²) in [6, 6.07) is 6.18. The van der Waals surface area contributed by atoms with Crippen molar-refractivity contribution in [3.8, 4) is 5.88 Å². The molecular formula is C16H12Cl2FN5O. The van der Waals surface area contributed by atoms with E-state index in [0.717, 1.165) is 0 Å². The standard InChI is InChI=1S/C16H12Cl2FN5O/c17-11-3-4-12(19)15(18)10(11)5-7-25-16-13(8-20-9-21-16)23-14-2-1-6-22-24-14/h1-4,6,8-9H,5,7H2,(H,23,24). The lowest BCUT2D eigenvalue weighted by atomic mass is 10.1. The van der Waals surface area contributed by atoms with Gasteiger partial charge in [0, 0.05) is 17.6 Å². The van der Waals surface area contributed by atoms with Crippen molar-refractivity contribution in [1.82, 2.24) is 20.2 Å². The van der Waals surface area contributed by atoms with E-state index in [2.05, 4.69) is 25.5 Å². The van der Waals surface area contributed by atoms with Crippen molar-refractivity contribution in [3.63, 3.8) is 0 Å². The Morgan fingerprint density at radius 1 is 1.20 bits per heavy atom. The molecule has 3 rings (SSSR count). The Kier molecular flexibility index (Phi) is 5.57. The molecule has 0 aliphatic rings. The van der Waals surface area contributed by atoms with Crippen LogP contribution in [0.1, 0.15) is 5.56 Å². The van der Waals surface area contributed by atoms with Crippen molar-refractivity contribution < 1.29 is 9.13 Å². The van der Waals surface area contributed by atoms with Gasteiger partial charge in [0.15, 0.2) is 5.82 Å². The van der Waals surface area contributed by atoms with Gasteiger partial charge in [0.05, 0.1) is 17.8 Å². The maximum absolute atomic E-state index is 13.5. The van der Waals surface area contributed by atoms with E-state index in [1.165, 1.54) is 18.5 Å². The number of rotatable bonds is 6. The summed E-state index contributed by atoms with van der Waals surface area (Å²) >= 11 is 12.0. The summed E-state index contributed by atoms with van der Waals surface area (Å²) < 4.78 is 19.2. The van der Waals surface area contributed by atoms with Crippen LogP contribution in [0.2, 0.25) is 10.0 Å². The molecule has 9 heteroatoms. The molecule has 1 aromatic carbocycles. The maximum Gasteiger partial charge on any atom is 0.240 e. The second kappa shape index (κ2) is 8.04. The Labute approximate surface area is 153 Å². The van der Waals surface area contributed by atoms with E-state index in [0.29, 0.717) is 34.4 Å². The van der Waals surface area contributed by atoms with Gasteiger partial charge < -0.3 is 10.1 Å². The first-order chi connectivity index (χ1) is 12.1. The van der Waals surface area contributed by atoms with Crippen LogP contribution in [0.5, 0.6) is 5.88 Å². The summed E-state index contributed by atoms with van der Waals surface area (Å²) in [5.41, 5.74) is 1.01. The van der Waals surface area contributed by atoms with E-state index in [9.17, 15) is 4.39 Å². The van der Waals surface area contributed by atoms with Gasteiger partial charge in [-0.15, -0.1) is 5.10 Å². The van der Waals surface area contributed by atoms with Gasteiger partial charge in [-0.3, -0.25) is 0 Å². The second-order valence-electron chi connectivity index (χ2n) is 4.90. The monoisotopic (exact) mass is 379 g/mol. The highest BCUT2D eigenvalue weighted by Gasteiger charge is 2.12. The van der Waals surface area contributed by atoms with Crippen LogP contribution < -0.4 is 10.1 Å². The van der Waals surface area contributed by atoms with Crippen LogP contribution in [0.4, 0.5) is 15.9 Å². The van der Waals surface area contributed by atoms with Crippen LogP contribution in [0.25, 0.3) is 0 Å². The Morgan fingerprint density at radius 2 is 2.08 bits per heavy atom. The first-order valence-corrected chi connectivity index (χ1v) is 8.00. The average molecular weight is 380 g/mol. The number of nitrogens with zero attached hydrogens (tertiary/aromatic N) is 4. The van der Waals surface area contributed by atoms with Crippen LogP contribution in [0.3, 0.4) is 0 Å². The van der Waals surface area contributed by atoms with Crippen LogP contribution >= 0.6 is 23.2 Å². The highest BCUT2D eigenvalue weighted by atomic mass is 35.5. The Bertz CT molecular complexity index is 866. The zero-order valence-electron chi connectivity index (χ0n) is 12.8. The molecule has 0 saturated heterocycles. The molecule has 0 fully saturated rings. The van der Waals surface area contributed by atoms with Crippen LogP contribution in [-0.2, 0) is 6.42 Å². The molecular weight excluding hydrogens is 368 g/mol. The summed E-state index contributed by atoms with van der Waals surface area (Å²) in [5, 5.41) is 11.1. The minimum Gasteiger partial charge on any atom is -0.476 e. The molecule has 3 aromatic rings. The fraction of sp³-hybridized carbons (Fsp3) is 0.125. The molecule has 6 nitrogen and oxygen atoms in total. The van der Waals surface area contributed by atoms with Crippen LogP contribution in [0, 0.1) is 5.82 Å². The van der Waals surface area contributed by atoms with E-state index < -0.39 is 5.82 Å². The lowest BCUT2D eigenvalue weighted by Gasteiger charge is -2.12. The number of halogens is 3. The molecule has 2 heterocycles. The van der Waals surface area contributed by atoms with Crippen molar-refractivity contribution in [2.75, 3.05) is 11.9 Å². The highest BCUT2D eigenvalue weighted by Crippen LogP contribution is 2.28. The lowest BCUT2D eigenvalue weighted by Crippen LogP contribution is -2.07. The quantitative estimate of drug-likeness (QED) is 0.650. The van der Waals surface area contributed by atoms with E-state index in [1.807, 2.05) is 0 Å². The zero-order valence-corrected chi connectivity index (χ0v) is 14.3. The molecule has 0 bridgehead atoms. The second-order valence-corrected chi connectivity index (χ2v) is 5.68. The molecule has 0 unspecified atom stereocenters. The minimum absolute atomic E-state index is 0.00306. The maximum atomic E-state index is 13.5. The molecule has 128 valence electrons. The van der Waals surface area contributed by atoms with Crippen molar-refractivity contribution in [1.29, 1.82) is 0 Å². The van der Waals surface area contributed by atoms with Gasteiger partial charge in [0.1, 0.15) is 17.8 Å². The van der Waals surface area contributed by atoms with E-state index in [4.69, 9.17) is 27.9 Å². The van der Waals surface area contributed by atoms with Gasteiger partial charge in [0.2, 0.25) is 5.88 Å². The SMILES string of the molecule is Fc1ccc(Cl)c(CCOc2ncncc2Nc2cccnn2)c1Cl. The largest absolute Gasteiger partial charge is 0.476 e. The molecule has 0 amide bonds. The van der Waals surface area contributed by atoms with E-state index >= 15 is 0 Å². The zero-order chi connectivity index (χ0) is 17.6. The molecule has 0 aliphatic carbocycles. The van der Waals surface area contributed by atoms with Gasteiger partial charge in [0.25, 0.3) is 0 Å². The van der Waals surface area contributed by atoms with Crippen molar-refractivity contribution in [2.45, 2.75) is 6.42 Å². The number of anilines is 2. The Balaban J connectivity index is 1.69. The fourth-order valence-electron chi connectivity index (χ4n) is 2.07. The minimum atomic E-state index is -0.520. The van der Waals surface area contributed by atoms with Crippen LogP contribution in [-0.4, -0.2) is 26.8 Å². The summed E-state index contributed by atoms with van der Waals surface area (Å²) in [6.07, 6.45) is 4.80. The van der Waals surface area contributed by atoms with Gasteiger partial charge in [-0.25, -0.2) is 9.37 Å². The number of nitrogens with one attached hydrogen (secondary N) is 1. The first-order valence-electron chi connectivity index (χ1n) is 7.25. The average Bonchev–Trinajstić information content (AvgIpc) is 2.63. The normalized spacial score (nSPS) is 10.5. The van der Waals surface area contributed by atoms with Crippen molar-refractivity contribution in [3.05, 3.63) is 64.4 Å². The molecule has 0 spiro atoms. The molecule has 0 radical (unpaired) electrons. The van der Waals surface area contributed by atoms with Crippen molar-refractivity contribution in [2.24, 2.45) is 0 Å². The van der Waals surface area contributed by atoms with Gasteiger partial charge in [-0.2, -0.15) is 10.1 Å². The smallest absolute Gasteiger partial charge is 0.240 e. The highest BCUT2D eigenvalue weighted by molar-refractivity contribution is 6.36. The molecule has 1 N–H and O–H groups in total. The number of aromatic nitrogens is 4. The number of benzene rings is 1. The third-order valence-corrected chi connectivity index (χ3v) is 4.00. The van der Waals surface area contributed by atoms with Crippen LogP contribution in [0.15, 0.2) is 43.0 Å². The number of hydrogen-bond donors (Lipinski definition) is 1. The van der Waals surface area contributed by atoms with Crippen molar-refractivity contribution >= 4 is 34.7 Å². The van der Waals surface area contributed by atoms with E-state index in [-0.39, 0.29) is 11.6 Å². The third kappa shape index (κ3) is 4.32. The Morgan fingerprint density at radius 3 is 2.88 bits per heavy atom. The first kappa shape index (κ1) is 17.3. The van der Waals surface area contributed by atoms with Gasteiger partial charge in [-0.1, -0.05) is 23.2 Å². The summed E-state index contributed by atoms with van der Waals surface area (Å²) in [7, 11) is 0. The molecule has 0 atom stereocenters. The summed E-state index contributed by atoms with van der Waals surface area (Å²) in [4.78, 5) is 8.04. The molecule has 25 heavy (non-hydrogen) atoms. The fourth-order valence-corrected chi connectivity index (χ4v) is 2.63. The van der Waals surface area contributed by atoms with Gasteiger partial charge in [-0.05, 0) is 29.8 Å². The Hall–Kier alpha value is -2.51. The topological polar surface area (TPSA) is 72.8 Å². The number of ether oxygens (including phenoxy) is 1. The van der Waals surface area contributed by atoms with Gasteiger partial charge >= 0.3 is 0 Å². The number of hydrogen-bond acceptors (Lipinski definition) is 6. The predicted octanol–water partition coefficient (Wildman–Crippen LogP) is 4.08.